The fourth-order valence-electron chi connectivity index (χ4n) is 2.84. The lowest BCUT2D eigenvalue weighted by Gasteiger charge is -2.13. The summed E-state index contributed by atoms with van der Waals surface area (Å²) in [4.78, 5) is 23.8. The summed E-state index contributed by atoms with van der Waals surface area (Å²) in [7, 11) is 4.58. The lowest BCUT2D eigenvalue weighted by Crippen LogP contribution is -2.33. The second-order valence-electron chi connectivity index (χ2n) is 7.67. The summed E-state index contributed by atoms with van der Waals surface area (Å²) in [6.07, 6.45) is 1.48. The second-order valence-corrected chi connectivity index (χ2v) is 9.94. The molecule has 1 heterocycles. The number of thiophene rings is 1. The average Bonchev–Trinajstić information content (AvgIpc) is 3.38. The van der Waals surface area contributed by atoms with E-state index in [1.165, 1.54) is 35.8 Å². The third-order valence-electron chi connectivity index (χ3n) is 4.82. The van der Waals surface area contributed by atoms with Crippen molar-refractivity contribution >= 4 is 35.2 Å². The van der Waals surface area contributed by atoms with Crippen LogP contribution in [-0.2, 0) is 9.53 Å². The zero-order valence-corrected chi connectivity index (χ0v) is 22.9. The van der Waals surface area contributed by atoms with Crippen LogP contribution in [0.15, 0.2) is 76.8 Å². The summed E-state index contributed by atoms with van der Waals surface area (Å²) in [5.41, 5.74) is 9.31. The molecule has 0 atom stereocenters. The van der Waals surface area contributed by atoms with Gasteiger partial charge in [-0.05, 0) is 60.8 Å². The van der Waals surface area contributed by atoms with E-state index in [0.717, 1.165) is 20.4 Å². The van der Waals surface area contributed by atoms with Gasteiger partial charge in [0.2, 0.25) is 0 Å². The van der Waals surface area contributed by atoms with E-state index in [0.29, 0.717) is 17.8 Å². The highest BCUT2D eigenvalue weighted by Gasteiger charge is 2.07. The van der Waals surface area contributed by atoms with Gasteiger partial charge in [-0.15, -0.1) is 11.3 Å². The lowest BCUT2D eigenvalue weighted by molar-refractivity contribution is -0.141. The monoisotopic (exact) mass is 543 g/mol. The summed E-state index contributed by atoms with van der Waals surface area (Å²) in [6, 6.07) is 19.5. The van der Waals surface area contributed by atoms with E-state index in [4.69, 9.17) is 16.3 Å². The molecule has 0 saturated carbocycles. The molecule has 2 aromatic carbocycles. The highest BCUT2D eigenvalue weighted by Crippen LogP contribution is 2.32. The number of hydrogen-bond acceptors (Lipinski definition) is 10. The zero-order chi connectivity index (χ0) is 27.2. The maximum atomic E-state index is 11.6. The number of hydrogen-bond donors (Lipinski definition) is 4. The highest BCUT2D eigenvalue weighted by molar-refractivity contribution is 7.99. The summed E-state index contributed by atoms with van der Waals surface area (Å²) >= 11 is 3.08. The van der Waals surface area contributed by atoms with Crippen molar-refractivity contribution in [1.82, 2.24) is 15.0 Å². The number of ether oxygens (including phenoxy) is 2. The number of methoxy groups -OCH3 is 2. The fourth-order valence-corrected chi connectivity index (χ4v) is 4.72. The standard InChI is InChI=1S/C18H23N5O3S2.C8H10O/c1-21-18(25)13-5-3-12(4-6-13)15-7-8-17(27-15)28-22-9-14(19)10-23(20)11-16(24)26-2;1-7-3-5-8(9-2)6-4-7/h3-8,10,22H,9,11,19-20H2,1-2H3,(H,21,25);3-6H,1-2H3/b14-10-;. The maximum Gasteiger partial charge on any atom is 0.326 e. The van der Waals surface area contributed by atoms with E-state index in [9.17, 15) is 9.59 Å². The number of carbonyl (C=O) groups is 2. The van der Waals surface area contributed by atoms with Gasteiger partial charge in [-0.25, -0.2) is 5.84 Å². The van der Waals surface area contributed by atoms with Crippen molar-refractivity contribution in [2.75, 3.05) is 34.4 Å². The molecule has 0 spiro atoms. The number of nitrogens with zero attached hydrogens (tertiary/aromatic N) is 1. The summed E-state index contributed by atoms with van der Waals surface area (Å²) in [6.45, 7) is 2.38. The molecule has 0 aliphatic heterocycles. The first kappa shape index (κ1) is 29.7. The number of esters is 1. The van der Waals surface area contributed by atoms with Crippen LogP contribution >= 0.6 is 23.3 Å². The molecule has 1 aromatic heterocycles. The molecule has 11 heteroatoms. The third-order valence-corrected chi connectivity index (χ3v) is 6.87. The average molecular weight is 544 g/mol. The van der Waals surface area contributed by atoms with Gasteiger partial charge >= 0.3 is 5.97 Å². The van der Waals surface area contributed by atoms with Gasteiger partial charge in [0.05, 0.1) is 18.4 Å². The normalized spacial score (nSPS) is 10.7. The Morgan fingerprint density at radius 2 is 1.73 bits per heavy atom. The molecule has 3 rings (SSSR count). The van der Waals surface area contributed by atoms with E-state index in [1.54, 1.807) is 37.6 Å². The Morgan fingerprint density at radius 3 is 2.32 bits per heavy atom. The molecule has 0 bridgehead atoms. The minimum atomic E-state index is -0.441. The van der Waals surface area contributed by atoms with E-state index < -0.39 is 5.97 Å². The molecule has 9 nitrogen and oxygen atoms in total. The first-order valence-electron chi connectivity index (χ1n) is 11.2. The molecule has 6 N–H and O–H groups in total. The Labute approximate surface area is 225 Å². The molecule has 198 valence electrons. The van der Waals surface area contributed by atoms with Crippen LogP contribution in [0.4, 0.5) is 0 Å². The second kappa shape index (κ2) is 15.6. The van der Waals surface area contributed by atoms with Crippen LogP contribution in [0.25, 0.3) is 10.4 Å². The van der Waals surface area contributed by atoms with E-state index in [1.807, 2.05) is 48.5 Å². The number of rotatable bonds is 10. The van der Waals surface area contributed by atoms with Crippen molar-refractivity contribution in [3.8, 4) is 16.2 Å². The summed E-state index contributed by atoms with van der Waals surface area (Å²) in [5, 5.41) is 3.78. The van der Waals surface area contributed by atoms with Crippen molar-refractivity contribution in [3.05, 3.63) is 83.7 Å². The third kappa shape index (κ3) is 10.6. The van der Waals surface area contributed by atoms with Crippen LogP contribution < -0.4 is 26.4 Å². The number of nitrogens with two attached hydrogens (primary N) is 2. The zero-order valence-electron chi connectivity index (χ0n) is 21.3. The molecule has 0 aliphatic carbocycles. The molecule has 0 saturated heterocycles. The Kier molecular flexibility index (Phi) is 12.5. The van der Waals surface area contributed by atoms with Gasteiger partial charge in [-0.1, -0.05) is 29.8 Å². The van der Waals surface area contributed by atoms with Crippen molar-refractivity contribution in [2.24, 2.45) is 11.6 Å². The molecular weight excluding hydrogens is 510 g/mol. The van der Waals surface area contributed by atoms with Gasteiger partial charge in [0.1, 0.15) is 12.3 Å². The van der Waals surface area contributed by atoms with Crippen molar-refractivity contribution in [3.63, 3.8) is 0 Å². The van der Waals surface area contributed by atoms with E-state index in [-0.39, 0.29) is 12.5 Å². The van der Waals surface area contributed by atoms with Crippen molar-refractivity contribution in [1.29, 1.82) is 0 Å². The SMILES string of the molecule is CNC(=O)c1ccc(-c2ccc(SNC/C(N)=C/N(N)CC(=O)OC)s2)cc1.COc1ccc(C)cc1. The minimum Gasteiger partial charge on any atom is -0.497 e. The topological polar surface area (TPSA) is 132 Å². The predicted molar refractivity (Wildman–Crippen MR) is 150 cm³/mol. The Hall–Kier alpha value is -3.51. The molecule has 0 radical (unpaired) electrons. The van der Waals surface area contributed by atoms with Gasteiger partial charge in [-0.3, -0.25) is 14.3 Å². The number of hydrazine groups is 1. The molecular formula is C26H33N5O4S2. The van der Waals surface area contributed by atoms with Gasteiger partial charge in [0.15, 0.2) is 0 Å². The molecule has 0 fully saturated rings. The van der Waals surface area contributed by atoms with E-state index >= 15 is 0 Å². The first-order chi connectivity index (χ1) is 17.7. The van der Waals surface area contributed by atoms with Crippen LogP contribution in [0, 0.1) is 6.92 Å². The fraction of sp³-hybridized carbons (Fsp3) is 0.231. The largest absolute Gasteiger partial charge is 0.497 e. The molecule has 0 aliphatic rings. The van der Waals surface area contributed by atoms with Crippen molar-refractivity contribution in [2.45, 2.75) is 11.1 Å². The van der Waals surface area contributed by atoms with Gasteiger partial charge in [0, 0.05) is 35.9 Å². The van der Waals surface area contributed by atoms with Gasteiger partial charge in [0.25, 0.3) is 5.91 Å². The highest BCUT2D eigenvalue weighted by atomic mass is 32.2. The number of aryl methyl sites for hydroxylation is 1. The number of benzene rings is 2. The van der Waals surface area contributed by atoms with Crippen LogP contribution in [0.3, 0.4) is 0 Å². The van der Waals surface area contributed by atoms with Crippen LogP contribution in [-0.4, -0.2) is 51.2 Å². The molecule has 1 amide bonds. The predicted octanol–water partition coefficient (Wildman–Crippen LogP) is 3.52. The van der Waals surface area contributed by atoms with Gasteiger partial charge < -0.3 is 25.5 Å². The molecule has 0 unspecified atom stereocenters. The number of nitrogens with one attached hydrogen (secondary N) is 2. The molecule has 3 aromatic rings. The Balaban J connectivity index is 0.000000449. The maximum absolute atomic E-state index is 11.6. The van der Waals surface area contributed by atoms with Crippen molar-refractivity contribution < 1.29 is 19.1 Å². The van der Waals surface area contributed by atoms with Crippen LogP contribution in [0.5, 0.6) is 5.75 Å². The first-order valence-corrected chi connectivity index (χ1v) is 12.9. The van der Waals surface area contributed by atoms with Crippen LogP contribution in [0.2, 0.25) is 0 Å². The summed E-state index contributed by atoms with van der Waals surface area (Å²) in [5.74, 6) is 6.03. The number of amides is 1. The Bertz CT molecular complexity index is 1160. The lowest BCUT2D eigenvalue weighted by atomic mass is 10.1. The quantitative estimate of drug-likeness (QED) is 0.131. The Morgan fingerprint density at radius 1 is 1.05 bits per heavy atom. The number of carbonyl (C=O) groups excluding carboxylic acids is 2. The molecule has 37 heavy (non-hydrogen) atoms. The van der Waals surface area contributed by atoms with Gasteiger partial charge in [-0.2, -0.15) is 0 Å². The summed E-state index contributed by atoms with van der Waals surface area (Å²) < 4.78 is 13.7. The van der Waals surface area contributed by atoms with Crippen LogP contribution in [0.1, 0.15) is 15.9 Å². The minimum absolute atomic E-state index is 0.0721. The smallest absolute Gasteiger partial charge is 0.326 e. The van der Waals surface area contributed by atoms with E-state index in [2.05, 4.69) is 21.7 Å².